The van der Waals surface area contributed by atoms with E-state index in [2.05, 4.69) is 19.2 Å². The van der Waals surface area contributed by atoms with Crippen LogP contribution in [-0.2, 0) is 4.74 Å². The van der Waals surface area contributed by atoms with E-state index in [4.69, 9.17) is 21.9 Å². The van der Waals surface area contributed by atoms with Gasteiger partial charge in [-0.25, -0.2) is 4.79 Å². The minimum absolute atomic E-state index is 0.269. The number of methoxy groups -OCH3 is 1. The Morgan fingerprint density at radius 3 is 2.60 bits per heavy atom. The number of benzene rings is 1. The van der Waals surface area contributed by atoms with Gasteiger partial charge >= 0.3 is 5.97 Å². The predicted molar refractivity (Wildman–Crippen MR) is 83.3 cm³/mol. The lowest BCUT2D eigenvalue weighted by Crippen LogP contribution is -2.39. The van der Waals surface area contributed by atoms with Gasteiger partial charge in [-0.3, -0.25) is 4.99 Å². The van der Waals surface area contributed by atoms with Crippen LogP contribution < -0.4 is 5.32 Å². The van der Waals surface area contributed by atoms with Gasteiger partial charge in [0.2, 0.25) is 0 Å². The zero-order valence-corrected chi connectivity index (χ0v) is 12.9. The molecule has 0 amide bonds. The first kappa shape index (κ1) is 14.7. The maximum absolute atomic E-state index is 11.8. The number of nitrogens with one attached hydrogen (secondary N) is 1. The number of carbonyl (C=O) groups excluding carboxylic acids is 1. The summed E-state index contributed by atoms with van der Waals surface area (Å²) >= 11 is 5.40. The average Bonchev–Trinajstić information content (AvgIpc) is 2.75. The highest BCUT2D eigenvalue weighted by Crippen LogP contribution is 2.28. The summed E-state index contributed by atoms with van der Waals surface area (Å²) in [5, 5.41) is 3.14. The first-order valence-corrected chi connectivity index (χ1v) is 6.90. The SMILES string of the molecule is COC(=O)c1ccccc1C1=NC(C)(C(C)C)C(=S)N1. The van der Waals surface area contributed by atoms with E-state index >= 15 is 0 Å². The Morgan fingerprint density at radius 2 is 2.05 bits per heavy atom. The smallest absolute Gasteiger partial charge is 0.338 e. The molecule has 0 spiro atoms. The second kappa shape index (κ2) is 5.32. The van der Waals surface area contributed by atoms with Crippen molar-refractivity contribution < 1.29 is 9.53 Å². The molecule has 0 radical (unpaired) electrons. The molecule has 1 heterocycles. The van der Waals surface area contributed by atoms with Crippen molar-refractivity contribution in [2.24, 2.45) is 10.9 Å². The van der Waals surface area contributed by atoms with E-state index in [9.17, 15) is 4.79 Å². The number of hydrogen-bond donors (Lipinski definition) is 1. The van der Waals surface area contributed by atoms with Gasteiger partial charge in [0.25, 0.3) is 0 Å². The second-order valence-electron chi connectivity index (χ2n) is 5.25. The van der Waals surface area contributed by atoms with Crippen molar-refractivity contribution in [3.63, 3.8) is 0 Å². The Labute approximate surface area is 124 Å². The number of rotatable bonds is 3. The molecule has 1 aliphatic rings. The highest BCUT2D eigenvalue weighted by Gasteiger charge is 2.39. The van der Waals surface area contributed by atoms with E-state index in [-0.39, 0.29) is 11.9 Å². The maximum Gasteiger partial charge on any atom is 0.338 e. The minimum Gasteiger partial charge on any atom is -0.465 e. The fourth-order valence-corrected chi connectivity index (χ4v) is 2.42. The van der Waals surface area contributed by atoms with Crippen LogP contribution in [-0.4, -0.2) is 29.4 Å². The molecule has 0 bridgehead atoms. The van der Waals surface area contributed by atoms with Crippen LogP contribution in [0.3, 0.4) is 0 Å². The molecule has 1 aromatic carbocycles. The number of ether oxygens (including phenoxy) is 1. The zero-order valence-electron chi connectivity index (χ0n) is 12.1. The van der Waals surface area contributed by atoms with Gasteiger partial charge in [0, 0.05) is 5.56 Å². The molecule has 4 nitrogen and oxygen atoms in total. The molecule has 106 valence electrons. The van der Waals surface area contributed by atoms with Crippen LogP contribution in [0.15, 0.2) is 29.3 Å². The molecular weight excluding hydrogens is 272 g/mol. The van der Waals surface area contributed by atoms with Gasteiger partial charge in [0.15, 0.2) is 0 Å². The molecule has 1 aliphatic heterocycles. The quantitative estimate of drug-likeness (QED) is 0.686. The Hall–Kier alpha value is -1.75. The summed E-state index contributed by atoms with van der Waals surface area (Å²) in [5.41, 5.74) is 0.761. The molecule has 0 aliphatic carbocycles. The fraction of sp³-hybridized carbons (Fsp3) is 0.400. The fourth-order valence-electron chi connectivity index (χ4n) is 2.04. The number of esters is 1. The molecule has 0 saturated carbocycles. The van der Waals surface area contributed by atoms with E-state index in [0.29, 0.717) is 22.0 Å². The van der Waals surface area contributed by atoms with Gasteiger partial charge in [-0.05, 0) is 18.9 Å². The average molecular weight is 290 g/mol. The van der Waals surface area contributed by atoms with Crippen LogP contribution in [0.25, 0.3) is 0 Å². The van der Waals surface area contributed by atoms with Crippen LogP contribution in [0.5, 0.6) is 0 Å². The van der Waals surface area contributed by atoms with E-state index in [1.807, 2.05) is 19.1 Å². The monoisotopic (exact) mass is 290 g/mol. The molecule has 0 saturated heterocycles. The molecule has 1 atom stereocenters. The number of aliphatic imine (C=N–C) groups is 1. The van der Waals surface area contributed by atoms with Crippen molar-refractivity contribution in [1.29, 1.82) is 0 Å². The molecule has 0 fully saturated rings. The molecular formula is C15H18N2O2S. The van der Waals surface area contributed by atoms with Crippen molar-refractivity contribution in [2.45, 2.75) is 26.3 Å². The summed E-state index contributed by atoms with van der Waals surface area (Å²) < 4.78 is 4.81. The third-order valence-electron chi connectivity index (χ3n) is 3.75. The Balaban J connectivity index is 2.49. The summed E-state index contributed by atoms with van der Waals surface area (Å²) in [6.07, 6.45) is 0. The molecule has 2 rings (SSSR count). The number of hydrogen-bond acceptors (Lipinski definition) is 4. The molecule has 0 aromatic heterocycles. The lowest BCUT2D eigenvalue weighted by atomic mass is 9.90. The van der Waals surface area contributed by atoms with Crippen LogP contribution in [0.2, 0.25) is 0 Å². The zero-order chi connectivity index (χ0) is 14.9. The van der Waals surface area contributed by atoms with E-state index in [0.717, 1.165) is 0 Å². The Bertz CT molecular complexity index is 595. The second-order valence-corrected chi connectivity index (χ2v) is 5.66. The molecule has 1 N–H and O–H groups in total. The normalized spacial score (nSPS) is 21.6. The van der Waals surface area contributed by atoms with Gasteiger partial charge in [-0.15, -0.1) is 0 Å². The Morgan fingerprint density at radius 1 is 1.40 bits per heavy atom. The third kappa shape index (κ3) is 2.33. The number of thiocarbonyl (C=S) groups is 1. The van der Waals surface area contributed by atoms with Gasteiger partial charge < -0.3 is 10.1 Å². The maximum atomic E-state index is 11.8. The number of carbonyl (C=O) groups is 1. The Kier molecular flexibility index (Phi) is 3.90. The topological polar surface area (TPSA) is 50.7 Å². The summed E-state index contributed by atoms with van der Waals surface area (Å²) in [5.74, 6) is 0.520. The van der Waals surface area contributed by atoms with Crippen molar-refractivity contribution in [3.05, 3.63) is 35.4 Å². The van der Waals surface area contributed by atoms with Crippen molar-refractivity contribution in [1.82, 2.24) is 5.32 Å². The van der Waals surface area contributed by atoms with Crippen molar-refractivity contribution in [2.75, 3.05) is 7.11 Å². The van der Waals surface area contributed by atoms with Crippen LogP contribution in [0, 0.1) is 5.92 Å². The van der Waals surface area contributed by atoms with Crippen LogP contribution in [0.1, 0.15) is 36.7 Å². The lowest BCUT2D eigenvalue weighted by molar-refractivity contribution is 0.0600. The molecule has 20 heavy (non-hydrogen) atoms. The van der Waals surface area contributed by atoms with Gasteiger partial charge in [0.05, 0.1) is 12.7 Å². The highest BCUT2D eigenvalue weighted by molar-refractivity contribution is 7.80. The molecule has 1 unspecified atom stereocenters. The first-order valence-electron chi connectivity index (χ1n) is 6.49. The van der Waals surface area contributed by atoms with E-state index in [1.165, 1.54) is 7.11 Å². The standard InChI is InChI=1S/C15H18N2O2S/c1-9(2)15(3)14(20)16-12(17-15)10-7-5-6-8-11(10)13(18)19-4/h5-9H,1-4H3,(H,16,17,20). The minimum atomic E-state index is -0.437. The number of nitrogens with zero attached hydrogens (tertiary/aromatic N) is 1. The summed E-state index contributed by atoms with van der Waals surface area (Å²) in [6, 6.07) is 7.22. The van der Waals surface area contributed by atoms with E-state index < -0.39 is 5.54 Å². The largest absolute Gasteiger partial charge is 0.465 e. The van der Waals surface area contributed by atoms with Crippen LogP contribution in [0.4, 0.5) is 0 Å². The third-order valence-corrected chi connectivity index (χ3v) is 4.26. The number of amidine groups is 1. The molecule has 5 heteroatoms. The summed E-state index contributed by atoms with van der Waals surface area (Å²) in [7, 11) is 1.37. The van der Waals surface area contributed by atoms with Crippen LogP contribution >= 0.6 is 12.2 Å². The van der Waals surface area contributed by atoms with Gasteiger partial charge in [-0.1, -0.05) is 44.3 Å². The lowest BCUT2D eigenvalue weighted by Gasteiger charge is -2.24. The van der Waals surface area contributed by atoms with E-state index in [1.54, 1.807) is 12.1 Å². The molecule has 1 aromatic rings. The van der Waals surface area contributed by atoms with Gasteiger partial charge in [0.1, 0.15) is 16.4 Å². The summed E-state index contributed by atoms with van der Waals surface area (Å²) in [4.78, 5) is 17.2. The van der Waals surface area contributed by atoms with Gasteiger partial charge in [-0.2, -0.15) is 0 Å². The van der Waals surface area contributed by atoms with Crippen molar-refractivity contribution >= 4 is 29.0 Å². The first-order chi connectivity index (χ1) is 9.40. The highest BCUT2D eigenvalue weighted by atomic mass is 32.1. The summed E-state index contributed by atoms with van der Waals surface area (Å²) in [6.45, 7) is 6.15. The predicted octanol–water partition coefficient (Wildman–Crippen LogP) is 2.57. The van der Waals surface area contributed by atoms with Crippen molar-refractivity contribution in [3.8, 4) is 0 Å².